The molecule has 0 aliphatic carbocycles. The van der Waals surface area contributed by atoms with Crippen LogP contribution in [0.1, 0.15) is 6.42 Å². The molecular weight excluding hydrogens is 154 g/mol. The fourth-order valence-corrected chi connectivity index (χ4v) is 0.737. The van der Waals surface area contributed by atoms with Crippen LogP contribution in [0, 0.1) is 6.07 Å². The van der Waals surface area contributed by atoms with Gasteiger partial charge in [-0.15, -0.1) is 0 Å². The minimum absolute atomic E-state index is 0.249. The van der Waals surface area contributed by atoms with Crippen LogP contribution in [0.5, 0.6) is 5.75 Å². The zero-order valence-corrected chi connectivity index (χ0v) is 6.62. The number of rotatable bonds is 4. The van der Waals surface area contributed by atoms with Crippen molar-refractivity contribution in [3.63, 3.8) is 0 Å². The number of carbonyl (C=O) groups excluding carboxylic acids is 1. The first-order chi connectivity index (χ1) is 5.79. The molecule has 0 fully saturated rings. The predicted octanol–water partition coefficient (Wildman–Crippen LogP) is 0.741. The Morgan fingerprint density at radius 2 is 2.17 bits per heavy atom. The van der Waals surface area contributed by atoms with Crippen LogP contribution < -0.4 is 10.5 Å². The molecule has 1 radical (unpaired) electrons. The van der Waals surface area contributed by atoms with Gasteiger partial charge in [-0.2, -0.15) is 0 Å². The Bertz CT molecular complexity index is 246. The average Bonchev–Trinajstić information content (AvgIpc) is 2.05. The molecule has 2 N–H and O–H groups in total. The van der Waals surface area contributed by atoms with Crippen LogP contribution in [-0.2, 0) is 4.79 Å². The Kier molecular flexibility index (Phi) is 3.14. The average molecular weight is 164 g/mol. The number of ether oxygens (including phenoxy) is 1. The maximum absolute atomic E-state index is 10.3. The van der Waals surface area contributed by atoms with Crippen molar-refractivity contribution >= 4 is 5.91 Å². The molecule has 63 valence electrons. The van der Waals surface area contributed by atoms with Crippen LogP contribution in [0.4, 0.5) is 0 Å². The smallest absolute Gasteiger partial charge is 0.220 e. The van der Waals surface area contributed by atoms with Crippen molar-refractivity contribution in [1.29, 1.82) is 0 Å². The first-order valence-corrected chi connectivity index (χ1v) is 3.66. The third-order valence-corrected chi connectivity index (χ3v) is 1.30. The van der Waals surface area contributed by atoms with Gasteiger partial charge in [0.15, 0.2) is 0 Å². The normalized spacial score (nSPS) is 9.33. The molecule has 1 aromatic carbocycles. The van der Waals surface area contributed by atoms with E-state index in [1.54, 1.807) is 24.3 Å². The van der Waals surface area contributed by atoms with Crippen molar-refractivity contribution in [2.75, 3.05) is 6.61 Å². The van der Waals surface area contributed by atoms with Crippen molar-refractivity contribution in [2.45, 2.75) is 6.42 Å². The molecule has 0 spiro atoms. The summed E-state index contributed by atoms with van der Waals surface area (Å²) in [6.07, 6.45) is 0.249. The van der Waals surface area contributed by atoms with Gasteiger partial charge in [-0.1, -0.05) is 12.1 Å². The Balaban J connectivity index is 2.29. The number of primary amides is 1. The highest BCUT2D eigenvalue weighted by Crippen LogP contribution is 2.07. The Morgan fingerprint density at radius 3 is 2.75 bits per heavy atom. The number of carbonyl (C=O) groups is 1. The molecule has 0 bridgehead atoms. The Hall–Kier alpha value is -1.51. The fraction of sp³-hybridized carbons (Fsp3) is 0.222. The number of hydrogen-bond acceptors (Lipinski definition) is 2. The van der Waals surface area contributed by atoms with Crippen molar-refractivity contribution in [2.24, 2.45) is 5.73 Å². The molecule has 12 heavy (non-hydrogen) atoms. The largest absolute Gasteiger partial charge is 0.493 e. The summed E-state index contributed by atoms with van der Waals surface area (Å²) in [4.78, 5) is 10.3. The standard InChI is InChI=1S/C9H10NO2/c10-9(11)6-7-12-8-4-2-1-3-5-8/h2-5H,6-7H2,(H2,10,11). The Morgan fingerprint density at radius 1 is 1.50 bits per heavy atom. The third kappa shape index (κ3) is 3.05. The topological polar surface area (TPSA) is 52.3 Å². The number of amides is 1. The molecule has 1 aromatic rings. The molecule has 0 aromatic heterocycles. The molecule has 3 nitrogen and oxygen atoms in total. The summed E-state index contributed by atoms with van der Waals surface area (Å²) in [5, 5.41) is 0. The lowest BCUT2D eigenvalue weighted by molar-refractivity contribution is -0.118. The third-order valence-electron chi connectivity index (χ3n) is 1.30. The van der Waals surface area contributed by atoms with E-state index in [0.29, 0.717) is 6.61 Å². The van der Waals surface area contributed by atoms with Gasteiger partial charge in [-0.3, -0.25) is 4.79 Å². The van der Waals surface area contributed by atoms with Crippen LogP contribution in [-0.4, -0.2) is 12.5 Å². The second-order valence-electron chi connectivity index (χ2n) is 2.30. The van der Waals surface area contributed by atoms with Crippen LogP contribution in [0.3, 0.4) is 0 Å². The van der Waals surface area contributed by atoms with Crippen LogP contribution in [0.25, 0.3) is 0 Å². The molecule has 0 aliphatic heterocycles. The van der Waals surface area contributed by atoms with Gasteiger partial charge in [0, 0.05) is 0 Å². The van der Waals surface area contributed by atoms with E-state index in [2.05, 4.69) is 6.07 Å². The summed E-state index contributed by atoms with van der Waals surface area (Å²) in [5.74, 6) is 0.382. The van der Waals surface area contributed by atoms with E-state index >= 15 is 0 Å². The SMILES string of the molecule is NC(=O)CCOc1cc[c]cc1. The highest BCUT2D eigenvalue weighted by molar-refractivity contribution is 5.73. The predicted molar refractivity (Wildman–Crippen MR) is 44.6 cm³/mol. The minimum Gasteiger partial charge on any atom is -0.493 e. The highest BCUT2D eigenvalue weighted by Gasteiger charge is 1.94. The molecule has 0 saturated heterocycles. The van der Waals surface area contributed by atoms with Crippen LogP contribution in [0.2, 0.25) is 0 Å². The lowest BCUT2D eigenvalue weighted by atomic mass is 10.3. The molecule has 0 atom stereocenters. The van der Waals surface area contributed by atoms with Crippen molar-refractivity contribution in [3.05, 3.63) is 30.3 Å². The fourth-order valence-electron chi connectivity index (χ4n) is 0.737. The van der Waals surface area contributed by atoms with Crippen molar-refractivity contribution in [3.8, 4) is 5.75 Å². The van der Waals surface area contributed by atoms with Gasteiger partial charge in [0.05, 0.1) is 13.0 Å². The second kappa shape index (κ2) is 4.38. The first kappa shape index (κ1) is 8.59. The summed E-state index contributed by atoms with van der Waals surface area (Å²) in [5.41, 5.74) is 4.93. The van der Waals surface area contributed by atoms with E-state index in [0.717, 1.165) is 5.75 Å². The molecular formula is C9H10NO2. The number of hydrogen-bond donors (Lipinski definition) is 1. The van der Waals surface area contributed by atoms with E-state index < -0.39 is 0 Å². The minimum atomic E-state index is -0.350. The van der Waals surface area contributed by atoms with Gasteiger partial charge >= 0.3 is 0 Å². The van der Waals surface area contributed by atoms with Gasteiger partial charge in [0.25, 0.3) is 0 Å². The van der Waals surface area contributed by atoms with Crippen molar-refractivity contribution < 1.29 is 9.53 Å². The van der Waals surface area contributed by atoms with Gasteiger partial charge in [-0.05, 0) is 18.2 Å². The monoisotopic (exact) mass is 164 g/mol. The summed E-state index contributed by atoms with van der Waals surface area (Å²) in [7, 11) is 0. The first-order valence-electron chi connectivity index (χ1n) is 3.66. The lowest BCUT2D eigenvalue weighted by Crippen LogP contribution is -2.14. The van der Waals surface area contributed by atoms with E-state index in [4.69, 9.17) is 10.5 Å². The van der Waals surface area contributed by atoms with Crippen LogP contribution in [0.15, 0.2) is 24.3 Å². The number of benzene rings is 1. The summed E-state index contributed by atoms with van der Waals surface area (Å²) >= 11 is 0. The summed E-state index contributed by atoms with van der Waals surface area (Å²) in [6, 6.07) is 9.92. The zero-order valence-electron chi connectivity index (χ0n) is 6.62. The van der Waals surface area contributed by atoms with Gasteiger partial charge in [-0.25, -0.2) is 0 Å². The molecule has 0 aliphatic rings. The molecule has 0 saturated carbocycles. The van der Waals surface area contributed by atoms with E-state index in [1.807, 2.05) is 0 Å². The summed E-state index contributed by atoms with van der Waals surface area (Å²) < 4.78 is 5.20. The van der Waals surface area contributed by atoms with Gasteiger partial charge in [0.1, 0.15) is 5.75 Å². The quantitative estimate of drug-likeness (QED) is 0.713. The van der Waals surface area contributed by atoms with E-state index in [1.165, 1.54) is 0 Å². The second-order valence-corrected chi connectivity index (χ2v) is 2.30. The van der Waals surface area contributed by atoms with Crippen molar-refractivity contribution in [1.82, 2.24) is 0 Å². The van der Waals surface area contributed by atoms with Gasteiger partial charge in [0.2, 0.25) is 5.91 Å². The van der Waals surface area contributed by atoms with Gasteiger partial charge < -0.3 is 10.5 Å². The zero-order chi connectivity index (χ0) is 8.81. The molecule has 0 unspecified atom stereocenters. The van der Waals surface area contributed by atoms with E-state index in [-0.39, 0.29) is 12.3 Å². The molecule has 1 amide bonds. The molecule has 1 rings (SSSR count). The number of nitrogens with two attached hydrogens (primary N) is 1. The molecule has 0 heterocycles. The lowest BCUT2D eigenvalue weighted by Gasteiger charge is -2.02. The highest BCUT2D eigenvalue weighted by atomic mass is 16.5. The summed E-state index contributed by atoms with van der Waals surface area (Å²) in [6.45, 7) is 0.333. The maximum Gasteiger partial charge on any atom is 0.220 e. The molecule has 3 heteroatoms. The van der Waals surface area contributed by atoms with E-state index in [9.17, 15) is 4.79 Å². The van der Waals surface area contributed by atoms with Crippen LogP contribution >= 0.6 is 0 Å². The Labute approximate surface area is 71.1 Å². The maximum atomic E-state index is 10.3.